The van der Waals surface area contributed by atoms with E-state index in [0.717, 1.165) is 18.5 Å². The second kappa shape index (κ2) is 9.46. The van der Waals surface area contributed by atoms with Crippen molar-refractivity contribution in [2.45, 2.75) is 51.5 Å². The molecule has 0 radical (unpaired) electrons. The normalized spacial score (nSPS) is 12.2. The Kier molecular flexibility index (Phi) is 9.02. The molecule has 0 saturated carbocycles. The number of likely N-dealkylation sites (N-methyl/N-ethyl adjacent to an activating group) is 2. The Bertz CT molecular complexity index is 209. The van der Waals surface area contributed by atoms with Gasteiger partial charge in [0.2, 0.25) is 0 Å². The summed E-state index contributed by atoms with van der Waals surface area (Å²) in [6.07, 6.45) is 7.28. The molecule has 2 N–H and O–H groups in total. The summed E-state index contributed by atoms with van der Waals surface area (Å²) in [6, 6.07) is 0.402. The van der Waals surface area contributed by atoms with Crippen molar-refractivity contribution >= 4 is 0 Å². The first-order chi connectivity index (χ1) is 7.65. The fourth-order valence-corrected chi connectivity index (χ4v) is 1.74. The first kappa shape index (κ1) is 15.2. The van der Waals surface area contributed by atoms with Crippen molar-refractivity contribution in [1.82, 2.24) is 10.6 Å². The lowest BCUT2D eigenvalue weighted by Gasteiger charge is -2.18. The van der Waals surface area contributed by atoms with Gasteiger partial charge >= 0.3 is 0 Å². The smallest absolute Gasteiger partial charge is 0.0460 e. The molecule has 0 spiro atoms. The van der Waals surface area contributed by atoms with Crippen LogP contribution in [0.1, 0.15) is 45.4 Å². The van der Waals surface area contributed by atoms with E-state index in [1.807, 2.05) is 14.1 Å². The summed E-state index contributed by atoms with van der Waals surface area (Å²) in [5.74, 6) is 0. The lowest BCUT2D eigenvalue weighted by Crippen LogP contribution is -2.32. The van der Waals surface area contributed by atoms with E-state index in [4.69, 9.17) is 0 Å². The van der Waals surface area contributed by atoms with Crippen molar-refractivity contribution in [1.29, 1.82) is 0 Å². The SMILES string of the molecule is C=C(CC)CCCCCC(NC)C(=C)NC. The summed E-state index contributed by atoms with van der Waals surface area (Å²) in [5, 5.41) is 6.40. The molecule has 0 rings (SSSR count). The highest BCUT2D eigenvalue weighted by Gasteiger charge is 2.07. The van der Waals surface area contributed by atoms with E-state index < -0.39 is 0 Å². The maximum absolute atomic E-state index is 4.03. The molecule has 0 amide bonds. The van der Waals surface area contributed by atoms with Gasteiger partial charge in [-0.3, -0.25) is 0 Å². The highest BCUT2D eigenvalue weighted by atomic mass is 15.0. The molecule has 0 aliphatic heterocycles. The van der Waals surface area contributed by atoms with Crippen molar-refractivity contribution in [3.8, 4) is 0 Å². The van der Waals surface area contributed by atoms with Gasteiger partial charge in [0.25, 0.3) is 0 Å². The van der Waals surface area contributed by atoms with Crippen LogP contribution < -0.4 is 10.6 Å². The van der Waals surface area contributed by atoms with E-state index >= 15 is 0 Å². The third-order valence-electron chi connectivity index (χ3n) is 3.11. The standard InChI is InChI=1S/C14H28N2/c1-6-12(2)10-8-7-9-11-14(16-5)13(3)15-4/h14-16H,2-3,6-11H2,1,4-5H3. The molecule has 0 bridgehead atoms. The molecule has 0 heterocycles. The van der Waals surface area contributed by atoms with Gasteiger partial charge in [0.05, 0.1) is 0 Å². The van der Waals surface area contributed by atoms with Crippen LogP contribution in [0.2, 0.25) is 0 Å². The van der Waals surface area contributed by atoms with Gasteiger partial charge in [0.15, 0.2) is 0 Å². The Morgan fingerprint density at radius 2 is 1.81 bits per heavy atom. The highest BCUT2D eigenvalue weighted by Crippen LogP contribution is 2.13. The summed E-state index contributed by atoms with van der Waals surface area (Å²) in [6.45, 7) is 10.2. The molecule has 2 heteroatoms. The summed E-state index contributed by atoms with van der Waals surface area (Å²) < 4.78 is 0. The van der Waals surface area contributed by atoms with E-state index in [9.17, 15) is 0 Å². The van der Waals surface area contributed by atoms with Gasteiger partial charge in [0, 0.05) is 18.8 Å². The van der Waals surface area contributed by atoms with Crippen LogP contribution in [0, 0.1) is 0 Å². The van der Waals surface area contributed by atoms with Crippen molar-refractivity contribution in [2.75, 3.05) is 14.1 Å². The van der Waals surface area contributed by atoms with Gasteiger partial charge in [-0.1, -0.05) is 38.5 Å². The van der Waals surface area contributed by atoms with Crippen LogP contribution in [0.25, 0.3) is 0 Å². The summed E-state index contributed by atoms with van der Waals surface area (Å²) in [5.41, 5.74) is 2.46. The third kappa shape index (κ3) is 6.67. The number of hydrogen-bond donors (Lipinski definition) is 2. The molecule has 0 aromatic rings. The van der Waals surface area contributed by atoms with Gasteiger partial charge in [-0.2, -0.15) is 0 Å². The fourth-order valence-electron chi connectivity index (χ4n) is 1.74. The maximum atomic E-state index is 4.03. The minimum Gasteiger partial charge on any atom is -0.391 e. The predicted molar refractivity (Wildman–Crippen MR) is 73.6 cm³/mol. The van der Waals surface area contributed by atoms with Crippen molar-refractivity contribution in [3.05, 3.63) is 24.4 Å². The van der Waals surface area contributed by atoms with Gasteiger partial charge < -0.3 is 10.6 Å². The highest BCUT2D eigenvalue weighted by molar-refractivity contribution is 5.01. The number of nitrogens with one attached hydrogen (secondary N) is 2. The molecule has 1 atom stereocenters. The van der Waals surface area contributed by atoms with Gasteiger partial charge in [-0.15, -0.1) is 0 Å². The Morgan fingerprint density at radius 3 is 2.31 bits per heavy atom. The van der Waals surface area contributed by atoms with Crippen molar-refractivity contribution in [3.63, 3.8) is 0 Å². The average Bonchev–Trinajstić information content (AvgIpc) is 2.32. The van der Waals surface area contributed by atoms with Crippen LogP contribution in [0.5, 0.6) is 0 Å². The van der Waals surface area contributed by atoms with Crippen LogP contribution in [0.4, 0.5) is 0 Å². The monoisotopic (exact) mass is 224 g/mol. The largest absolute Gasteiger partial charge is 0.391 e. The zero-order valence-corrected chi connectivity index (χ0v) is 11.2. The third-order valence-corrected chi connectivity index (χ3v) is 3.11. The van der Waals surface area contributed by atoms with Crippen LogP contribution in [-0.2, 0) is 0 Å². The fraction of sp³-hybridized carbons (Fsp3) is 0.714. The molecule has 16 heavy (non-hydrogen) atoms. The zero-order valence-electron chi connectivity index (χ0n) is 11.2. The Hall–Kier alpha value is -0.760. The Labute approximate surface area is 101 Å². The lowest BCUT2D eigenvalue weighted by atomic mass is 10.0. The van der Waals surface area contributed by atoms with Gasteiger partial charge in [-0.05, 0) is 32.7 Å². The Balaban J connectivity index is 3.56. The molecule has 2 nitrogen and oxygen atoms in total. The Morgan fingerprint density at radius 1 is 1.12 bits per heavy atom. The molecular formula is C14H28N2. The van der Waals surface area contributed by atoms with Crippen molar-refractivity contribution in [2.24, 2.45) is 0 Å². The molecule has 0 fully saturated rings. The second-order valence-corrected chi connectivity index (χ2v) is 4.32. The van der Waals surface area contributed by atoms with Crippen LogP contribution >= 0.6 is 0 Å². The minimum absolute atomic E-state index is 0.402. The molecule has 0 aliphatic rings. The molecular weight excluding hydrogens is 196 g/mol. The zero-order chi connectivity index (χ0) is 12.4. The quantitative estimate of drug-likeness (QED) is 0.440. The van der Waals surface area contributed by atoms with Gasteiger partial charge in [-0.25, -0.2) is 0 Å². The number of hydrogen-bond acceptors (Lipinski definition) is 2. The summed E-state index contributed by atoms with van der Waals surface area (Å²) in [4.78, 5) is 0. The van der Waals surface area contributed by atoms with E-state index in [1.54, 1.807) is 0 Å². The minimum atomic E-state index is 0.402. The second-order valence-electron chi connectivity index (χ2n) is 4.32. The molecule has 0 aromatic carbocycles. The van der Waals surface area contributed by atoms with E-state index in [0.29, 0.717) is 6.04 Å². The predicted octanol–water partition coefficient (Wildman–Crippen LogP) is 3.22. The van der Waals surface area contributed by atoms with Crippen molar-refractivity contribution < 1.29 is 0 Å². The molecule has 94 valence electrons. The molecule has 0 aliphatic carbocycles. The van der Waals surface area contributed by atoms with E-state index in [-0.39, 0.29) is 0 Å². The number of allylic oxidation sites excluding steroid dienone is 1. The number of unbranched alkanes of at least 4 members (excludes halogenated alkanes) is 2. The van der Waals surface area contributed by atoms with Crippen LogP contribution in [-0.4, -0.2) is 20.1 Å². The summed E-state index contributed by atoms with van der Waals surface area (Å²) >= 11 is 0. The molecule has 0 saturated heterocycles. The lowest BCUT2D eigenvalue weighted by molar-refractivity contribution is 0.519. The first-order valence-electron chi connectivity index (χ1n) is 6.36. The summed E-state index contributed by atoms with van der Waals surface area (Å²) in [7, 11) is 3.92. The topological polar surface area (TPSA) is 24.1 Å². The number of rotatable bonds is 10. The van der Waals surface area contributed by atoms with Crippen LogP contribution in [0.3, 0.4) is 0 Å². The van der Waals surface area contributed by atoms with Gasteiger partial charge in [0.1, 0.15) is 0 Å². The molecule has 0 aromatic heterocycles. The average molecular weight is 224 g/mol. The molecule has 1 unspecified atom stereocenters. The van der Waals surface area contributed by atoms with E-state index in [2.05, 4.69) is 30.7 Å². The maximum Gasteiger partial charge on any atom is 0.0460 e. The first-order valence-corrected chi connectivity index (χ1v) is 6.36. The van der Waals surface area contributed by atoms with Crippen LogP contribution in [0.15, 0.2) is 24.4 Å². The van der Waals surface area contributed by atoms with E-state index in [1.165, 1.54) is 31.3 Å².